The molecule has 0 spiro atoms. The third kappa shape index (κ3) is 2.00. The standard InChI is InChI=1S/C14H13N3/c1-3-9-17-13-6-5-11(4-2)10-12(13)16-14(17)7-8-15/h1,5-6,10H,4,7,9H2,2H3. The van der Waals surface area contributed by atoms with Crippen molar-refractivity contribution in [3.8, 4) is 18.4 Å². The van der Waals surface area contributed by atoms with Crippen molar-refractivity contribution in [1.29, 1.82) is 5.26 Å². The number of hydrogen-bond acceptors (Lipinski definition) is 2. The van der Waals surface area contributed by atoms with E-state index in [1.807, 2.05) is 10.6 Å². The summed E-state index contributed by atoms with van der Waals surface area (Å²) in [6, 6.07) is 8.28. The fraction of sp³-hybridized carbons (Fsp3) is 0.286. The van der Waals surface area contributed by atoms with Gasteiger partial charge in [-0.3, -0.25) is 0 Å². The molecule has 3 nitrogen and oxygen atoms in total. The predicted octanol–water partition coefficient (Wildman–Crippen LogP) is 2.30. The molecule has 0 atom stereocenters. The summed E-state index contributed by atoms with van der Waals surface area (Å²) < 4.78 is 1.93. The first-order valence-electron chi connectivity index (χ1n) is 5.58. The van der Waals surface area contributed by atoms with Crippen LogP contribution in [-0.2, 0) is 19.4 Å². The second-order valence-corrected chi connectivity index (χ2v) is 3.83. The zero-order valence-corrected chi connectivity index (χ0v) is 9.77. The Labute approximate surface area is 101 Å². The van der Waals surface area contributed by atoms with Crippen molar-refractivity contribution in [2.45, 2.75) is 26.3 Å². The summed E-state index contributed by atoms with van der Waals surface area (Å²) in [7, 11) is 0. The molecule has 1 aromatic carbocycles. The van der Waals surface area contributed by atoms with Crippen molar-refractivity contribution in [3.05, 3.63) is 29.6 Å². The van der Waals surface area contributed by atoms with Crippen LogP contribution in [0.2, 0.25) is 0 Å². The Bertz CT molecular complexity index is 623. The molecule has 0 aliphatic rings. The second-order valence-electron chi connectivity index (χ2n) is 3.83. The van der Waals surface area contributed by atoms with Crippen molar-refractivity contribution < 1.29 is 0 Å². The predicted molar refractivity (Wildman–Crippen MR) is 67.3 cm³/mol. The number of hydrogen-bond donors (Lipinski definition) is 0. The molecule has 0 radical (unpaired) electrons. The van der Waals surface area contributed by atoms with E-state index in [0.717, 1.165) is 23.3 Å². The Hall–Kier alpha value is -2.26. The Morgan fingerprint density at radius 2 is 2.29 bits per heavy atom. The van der Waals surface area contributed by atoms with Crippen molar-refractivity contribution >= 4 is 11.0 Å². The normalized spacial score (nSPS) is 10.1. The lowest BCUT2D eigenvalue weighted by molar-refractivity contribution is 0.803. The lowest BCUT2D eigenvalue weighted by Gasteiger charge is -2.02. The van der Waals surface area contributed by atoms with Gasteiger partial charge in [-0.2, -0.15) is 5.26 Å². The molecule has 0 unspecified atom stereocenters. The average Bonchev–Trinajstić information content (AvgIpc) is 2.68. The van der Waals surface area contributed by atoms with E-state index >= 15 is 0 Å². The summed E-state index contributed by atoms with van der Waals surface area (Å²) in [6.45, 7) is 2.56. The maximum absolute atomic E-state index is 8.78. The smallest absolute Gasteiger partial charge is 0.124 e. The van der Waals surface area contributed by atoms with Crippen molar-refractivity contribution in [1.82, 2.24) is 9.55 Å². The fourth-order valence-electron chi connectivity index (χ4n) is 1.92. The molecule has 17 heavy (non-hydrogen) atoms. The summed E-state index contributed by atoms with van der Waals surface area (Å²) in [6.07, 6.45) is 6.62. The van der Waals surface area contributed by atoms with E-state index in [1.54, 1.807) is 0 Å². The summed E-state index contributed by atoms with van der Waals surface area (Å²) in [5.74, 6) is 3.35. The Morgan fingerprint density at radius 3 is 2.94 bits per heavy atom. The highest BCUT2D eigenvalue weighted by Crippen LogP contribution is 2.18. The number of aryl methyl sites for hydroxylation is 1. The lowest BCUT2D eigenvalue weighted by atomic mass is 10.1. The number of fused-ring (bicyclic) bond motifs is 1. The van der Waals surface area contributed by atoms with Gasteiger partial charge in [0, 0.05) is 0 Å². The lowest BCUT2D eigenvalue weighted by Crippen LogP contribution is -2.01. The highest BCUT2D eigenvalue weighted by atomic mass is 15.1. The van der Waals surface area contributed by atoms with Crippen LogP contribution in [-0.4, -0.2) is 9.55 Å². The minimum atomic E-state index is 0.290. The van der Waals surface area contributed by atoms with Gasteiger partial charge in [0.15, 0.2) is 0 Å². The van der Waals surface area contributed by atoms with Crippen LogP contribution in [0.3, 0.4) is 0 Å². The zero-order valence-electron chi connectivity index (χ0n) is 9.77. The number of terminal acetylenes is 1. The molecule has 0 aliphatic carbocycles. The van der Waals surface area contributed by atoms with Gasteiger partial charge in [0.05, 0.1) is 30.1 Å². The van der Waals surface area contributed by atoms with Crippen LogP contribution in [0.25, 0.3) is 11.0 Å². The summed E-state index contributed by atoms with van der Waals surface area (Å²) in [4.78, 5) is 4.47. The second kappa shape index (κ2) is 4.72. The van der Waals surface area contributed by atoms with Gasteiger partial charge in [-0.25, -0.2) is 4.98 Å². The van der Waals surface area contributed by atoms with Crippen LogP contribution in [0.1, 0.15) is 18.3 Å². The minimum absolute atomic E-state index is 0.290. The number of nitriles is 1. The molecule has 2 rings (SSSR count). The minimum Gasteiger partial charge on any atom is -0.315 e. The van der Waals surface area contributed by atoms with E-state index in [-0.39, 0.29) is 6.42 Å². The Kier molecular flexibility index (Phi) is 3.12. The molecule has 0 fully saturated rings. The first kappa shape index (κ1) is 11.2. The van der Waals surface area contributed by atoms with E-state index in [4.69, 9.17) is 11.7 Å². The largest absolute Gasteiger partial charge is 0.315 e. The van der Waals surface area contributed by atoms with Crippen LogP contribution < -0.4 is 0 Å². The zero-order chi connectivity index (χ0) is 12.3. The van der Waals surface area contributed by atoms with Gasteiger partial charge in [0.25, 0.3) is 0 Å². The van der Waals surface area contributed by atoms with Crippen molar-refractivity contribution in [2.24, 2.45) is 0 Å². The van der Waals surface area contributed by atoms with Gasteiger partial charge >= 0.3 is 0 Å². The van der Waals surface area contributed by atoms with E-state index in [9.17, 15) is 0 Å². The van der Waals surface area contributed by atoms with Crippen molar-refractivity contribution in [3.63, 3.8) is 0 Å². The first-order chi connectivity index (χ1) is 8.30. The number of aromatic nitrogens is 2. The molecule has 1 heterocycles. The molecule has 0 saturated carbocycles. The quantitative estimate of drug-likeness (QED) is 0.749. The topological polar surface area (TPSA) is 41.6 Å². The Balaban J connectivity index is 2.62. The monoisotopic (exact) mass is 223 g/mol. The van der Waals surface area contributed by atoms with Crippen LogP contribution in [0.5, 0.6) is 0 Å². The molecule has 0 amide bonds. The number of nitrogens with zero attached hydrogens (tertiary/aromatic N) is 3. The molecule has 0 aliphatic heterocycles. The summed E-state index contributed by atoms with van der Waals surface area (Å²) >= 11 is 0. The van der Waals surface area contributed by atoms with Crippen LogP contribution >= 0.6 is 0 Å². The van der Waals surface area contributed by atoms with Gasteiger partial charge in [-0.1, -0.05) is 18.9 Å². The molecule has 1 aromatic heterocycles. The van der Waals surface area contributed by atoms with Crippen LogP contribution in [0.15, 0.2) is 18.2 Å². The van der Waals surface area contributed by atoms with Crippen LogP contribution in [0.4, 0.5) is 0 Å². The molecule has 2 aromatic rings. The molecule has 0 saturated heterocycles. The number of benzene rings is 1. The van der Waals surface area contributed by atoms with E-state index in [2.05, 4.69) is 36.0 Å². The third-order valence-electron chi connectivity index (χ3n) is 2.79. The Morgan fingerprint density at radius 1 is 1.47 bits per heavy atom. The van der Waals surface area contributed by atoms with Crippen LogP contribution in [0, 0.1) is 23.7 Å². The molecular weight excluding hydrogens is 210 g/mol. The summed E-state index contributed by atoms with van der Waals surface area (Å²) in [5.41, 5.74) is 3.17. The van der Waals surface area contributed by atoms with Crippen molar-refractivity contribution in [2.75, 3.05) is 0 Å². The number of imidazole rings is 1. The maximum Gasteiger partial charge on any atom is 0.124 e. The van der Waals surface area contributed by atoms with Gasteiger partial charge in [-0.05, 0) is 24.1 Å². The van der Waals surface area contributed by atoms with Gasteiger partial charge in [0.1, 0.15) is 5.82 Å². The first-order valence-corrected chi connectivity index (χ1v) is 5.58. The van der Waals surface area contributed by atoms with Gasteiger partial charge in [-0.15, -0.1) is 6.42 Å². The van der Waals surface area contributed by atoms with E-state index in [1.165, 1.54) is 5.56 Å². The molecular formula is C14H13N3. The van der Waals surface area contributed by atoms with E-state index in [0.29, 0.717) is 6.54 Å². The van der Waals surface area contributed by atoms with Gasteiger partial charge in [0.2, 0.25) is 0 Å². The fourth-order valence-corrected chi connectivity index (χ4v) is 1.92. The highest BCUT2D eigenvalue weighted by molar-refractivity contribution is 5.77. The SMILES string of the molecule is C#CCn1c(CC#N)nc2cc(CC)ccc21. The highest BCUT2D eigenvalue weighted by Gasteiger charge is 2.09. The molecule has 84 valence electrons. The third-order valence-corrected chi connectivity index (χ3v) is 2.79. The van der Waals surface area contributed by atoms with E-state index < -0.39 is 0 Å². The molecule has 0 bridgehead atoms. The number of rotatable bonds is 3. The van der Waals surface area contributed by atoms with Gasteiger partial charge < -0.3 is 4.57 Å². The molecule has 0 N–H and O–H groups in total. The average molecular weight is 223 g/mol. The maximum atomic E-state index is 8.78. The summed E-state index contributed by atoms with van der Waals surface area (Å²) in [5, 5.41) is 8.78. The molecule has 3 heteroatoms.